The SMILES string of the molecule is COc1cccc2oc(-c3c(C(=O)N4CCCCC4)[nH]c4c(-c5ccccc5)c(C(F)(F)F)nn4c3=O)nc12. The van der Waals surface area contributed by atoms with Crippen molar-refractivity contribution in [2.24, 2.45) is 0 Å². The number of methoxy groups -OCH3 is 1. The van der Waals surface area contributed by atoms with E-state index < -0.39 is 23.3 Å². The normalized spacial score (nSPS) is 14.3. The monoisotopic (exact) mass is 537 g/mol. The first kappa shape index (κ1) is 24.7. The highest BCUT2D eigenvalue weighted by Gasteiger charge is 2.40. The summed E-state index contributed by atoms with van der Waals surface area (Å²) in [6.45, 7) is 0.900. The van der Waals surface area contributed by atoms with Gasteiger partial charge in [0, 0.05) is 13.1 Å². The average Bonchev–Trinajstić information content (AvgIpc) is 3.55. The number of ether oxygens (including phenoxy) is 1. The number of aromatic nitrogens is 4. The number of nitrogens with one attached hydrogen (secondary N) is 1. The summed E-state index contributed by atoms with van der Waals surface area (Å²) in [5.41, 5.74) is -2.58. The van der Waals surface area contributed by atoms with Gasteiger partial charge >= 0.3 is 6.18 Å². The number of H-pyrrole nitrogens is 1. The standard InChI is InChI=1S/C27H22F3N5O4/c1-38-16-11-8-12-17-20(16)32-24(39-17)19-21(26(37)34-13-6-3-7-14-34)31-23-18(15-9-4-2-5-10-15)22(27(28,29)30)33-35(23)25(19)36/h2,4-5,8-12,31H,3,6-7,13-14H2,1H3. The van der Waals surface area contributed by atoms with Gasteiger partial charge in [0.05, 0.1) is 12.7 Å². The van der Waals surface area contributed by atoms with Crippen molar-refractivity contribution in [2.75, 3.05) is 20.2 Å². The number of likely N-dealkylation sites (tertiary alicyclic amines) is 1. The molecule has 6 rings (SSSR count). The maximum absolute atomic E-state index is 14.2. The highest BCUT2D eigenvalue weighted by molar-refractivity contribution is 6.00. The van der Waals surface area contributed by atoms with Crippen LogP contribution in [0.5, 0.6) is 5.75 Å². The van der Waals surface area contributed by atoms with Crippen LogP contribution in [0.25, 0.3) is 39.3 Å². The predicted molar refractivity (Wildman–Crippen MR) is 136 cm³/mol. The van der Waals surface area contributed by atoms with Crippen molar-refractivity contribution in [1.29, 1.82) is 0 Å². The van der Waals surface area contributed by atoms with Gasteiger partial charge in [-0.25, -0.2) is 4.98 Å². The number of hydrogen-bond acceptors (Lipinski definition) is 6. The Balaban J connectivity index is 1.69. The molecule has 0 radical (unpaired) electrons. The maximum Gasteiger partial charge on any atom is 0.435 e. The molecule has 0 spiro atoms. The van der Waals surface area contributed by atoms with E-state index in [1.54, 1.807) is 41.3 Å². The highest BCUT2D eigenvalue weighted by atomic mass is 19.4. The van der Waals surface area contributed by atoms with Crippen LogP contribution in [0.15, 0.2) is 57.7 Å². The Morgan fingerprint density at radius 2 is 1.77 bits per heavy atom. The molecule has 0 unspecified atom stereocenters. The number of para-hydroxylation sites is 1. The Hall–Kier alpha value is -4.61. The highest BCUT2D eigenvalue weighted by Crippen LogP contribution is 2.39. The van der Waals surface area contributed by atoms with E-state index in [0.717, 1.165) is 19.3 Å². The Labute approximate surface area is 218 Å². The summed E-state index contributed by atoms with van der Waals surface area (Å²) >= 11 is 0. The molecule has 1 fully saturated rings. The maximum atomic E-state index is 14.2. The van der Waals surface area contributed by atoms with Crippen LogP contribution in [-0.4, -0.2) is 50.6 Å². The minimum Gasteiger partial charge on any atom is -0.494 e. The van der Waals surface area contributed by atoms with Crippen LogP contribution in [-0.2, 0) is 6.18 Å². The second kappa shape index (κ2) is 9.29. The van der Waals surface area contributed by atoms with Crippen molar-refractivity contribution >= 4 is 22.7 Å². The molecule has 5 aromatic rings. The molecule has 0 saturated carbocycles. The molecule has 2 aromatic carbocycles. The third kappa shape index (κ3) is 4.12. The topological polar surface area (TPSA) is 106 Å². The van der Waals surface area contributed by atoms with Gasteiger partial charge in [-0.2, -0.15) is 22.8 Å². The zero-order valence-electron chi connectivity index (χ0n) is 20.7. The number of aromatic amines is 1. The molecule has 0 atom stereocenters. The first-order chi connectivity index (χ1) is 18.8. The van der Waals surface area contributed by atoms with E-state index in [1.165, 1.54) is 19.2 Å². The molecule has 4 heterocycles. The van der Waals surface area contributed by atoms with Gasteiger partial charge in [0.1, 0.15) is 22.7 Å². The third-order valence-electron chi connectivity index (χ3n) is 6.79. The van der Waals surface area contributed by atoms with Crippen molar-refractivity contribution in [1.82, 2.24) is 24.5 Å². The number of carbonyl (C=O) groups is 1. The number of rotatable bonds is 4. The van der Waals surface area contributed by atoms with E-state index >= 15 is 0 Å². The summed E-state index contributed by atoms with van der Waals surface area (Å²) in [4.78, 5) is 36.5. The van der Waals surface area contributed by atoms with Crippen LogP contribution in [0.3, 0.4) is 0 Å². The van der Waals surface area contributed by atoms with Crippen LogP contribution < -0.4 is 10.3 Å². The van der Waals surface area contributed by atoms with Gasteiger partial charge in [-0.05, 0) is 37.0 Å². The van der Waals surface area contributed by atoms with Gasteiger partial charge in [0.2, 0.25) is 5.89 Å². The lowest BCUT2D eigenvalue weighted by molar-refractivity contribution is -0.140. The molecule has 9 nitrogen and oxygen atoms in total. The number of fused-ring (bicyclic) bond motifs is 2. The van der Waals surface area contributed by atoms with Crippen molar-refractivity contribution in [3.8, 4) is 28.3 Å². The lowest BCUT2D eigenvalue weighted by Gasteiger charge is -2.27. The predicted octanol–water partition coefficient (Wildman–Crippen LogP) is 5.15. The van der Waals surface area contributed by atoms with Crippen molar-refractivity contribution in [3.63, 3.8) is 0 Å². The van der Waals surface area contributed by atoms with Gasteiger partial charge in [0.25, 0.3) is 11.5 Å². The van der Waals surface area contributed by atoms with Crippen molar-refractivity contribution < 1.29 is 27.1 Å². The van der Waals surface area contributed by atoms with E-state index in [-0.39, 0.29) is 39.5 Å². The summed E-state index contributed by atoms with van der Waals surface area (Å²) in [5.74, 6) is -0.399. The number of carbonyl (C=O) groups excluding carboxylic acids is 1. The molecule has 1 amide bonds. The van der Waals surface area contributed by atoms with Crippen LogP contribution in [0, 0.1) is 0 Å². The largest absolute Gasteiger partial charge is 0.494 e. The molecule has 1 aliphatic heterocycles. The molecule has 1 saturated heterocycles. The molecule has 1 aliphatic rings. The number of benzene rings is 2. The Morgan fingerprint density at radius 1 is 1.03 bits per heavy atom. The van der Waals surface area contributed by atoms with E-state index in [9.17, 15) is 22.8 Å². The van der Waals surface area contributed by atoms with E-state index in [1.807, 2.05) is 0 Å². The quantitative estimate of drug-likeness (QED) is 0.340. The molecule has 1 N–H and O–H groups in total. The fraction of sp³-hybridized carbons (Fsp3) is 0.259. The lowest BCUT2D eigenvalue weighted by Crippen LogP contribution is -2.37. The molecule has 200 valence electrons. The molecule has 0 aliphatic carbocycles. The average molecular weight is 537 g/mol. The fourth-order valence-electron chi connectivity index (χ4n) is 4.96. The van der Waals surface area contributed by atoms with E-state index in [4.69, 9.17) is 9.15 Å². The second-order valence-electron chi connectivity index (χ2n) is 9.21. The molecular formula is C27H22F3N5O4. The Morgan fingerprint density at radius 3 is 2.46 bits per heavy atom. The number of hydrogen-bond donors (Lipinski definition) is 1. The van der Waals surface area contributed by atoms with E-state index in [2.05, 4.69) is 15.1 Å². The minimum atomic E-state index is -4.88. The summed E-state index contributed by atoms with van der Waals surface area (Å²) in [6, 6.07) is 12.7. The van der Waals surface area contributed by atoms with Gasteiger partial charge in [-0.3, -0.25) is 9.59 Å². The zero-order valence-corrected chi connectivity index (χ0v) is 20.7. The Bertz CT molecular complexity index is 1770. The third-order valence-corrected chi connectivity index (χ3v) is 6.79. The summed E-state index contributed by atoms with van der Waals surface area (Å²) in [6.07, 6.45) is -2.38. The number of piperidine rings is 1. The second-order valence-corrected chi connectivity index (χ2v) is 9.21. The first-order valence-corrected chi connectivity index (χ1v) is 12.3. The molecule has 0 bridgehead atoms. The van der Waals surface area contributed by atoms with Crippen molar-refractivity contribution in [2.45, 2.75) is 25.4 Å². The summed E-state index contributed by atoms with van der Waals surface area (Å²) < 4.78 is 54.4. The van der Waals surface area contributed by atoms with Crippen molar-refractivity contribution in [3.05, 3.63) is 70.3 Å². The number of amides is 1. The van der Waals surface area contributed by atoms with Crippen LogP contribution in [0.2, 0.25) is 0 Å². The lowest BCUT2D eigenvalue weighted by atomic mass is 10.1. The number of halogens is 3. The Kier molecular flexibility index (Phi) is 5.89. The zero-order chi connectivity index (χ0) is 27.3. The summed E-state index contributed by atoms with van der Waals surface area (Å²) in [5, 5.41) is 3.68. The van der Waals surface area contributed by atoms with E-state index in [0.29, 0.717) is 28.9 Å². The number of oxazole rings is 1. The van der Waals surface area contributed by atoms with Gasteiger partial charge in [-0.1, -0.05) is 36.4 Å². The smallest absolute Gasteiger partial charge is 0.435 e. The minimum absolute atomic E-state index is 0.186. The van der Waals surface area contributed by atoms with Crippen LogP contribution in [0.1, 0.15) is 35.4 Å². The molecule has 39 heavy (non-hydrogen) atoms. The van der Waals surface area contributed by atoms with Gasteiger partial charge in [0.15, 0.2) is 16.8 Å². The molecule has 3 aromatic heterocycles. The number of alkyl halides is 3. The molecular weight excluding hydrogens is 515 g/mol. The van der Waals surface area contributed by atoms with Crippen LogP contribution >= 0.6 is 0 Å². The van der Waals surface area contributed by atoms with Gasteiger partial charge in [-0.15, -0.1) is 0 Å². The number of nitrogens with zero attached hydrogens (tertiary/aromatic N) is 4. The first-order valence-electron chi connectivity index (χ1n) is 12.3. The fourth-order valence-corrected chi connectivity index (χ4v) is 4.96. The van der Waals surface area contributed by atoms with Gasteiger partial charge < -0.3 is 19.0 Å². The summed E-state index contributed by atoms with van der Waals surface area (Å²) in [7, 11) is 1.45. The molecule has 12 heteroatoms. The van der Waals surface area contributed by atoms with Crippen LogP contribution in [0.4, 0.5) is 13.2 Å².